The minimum absolute atomic E-state index is 0.0163. The Hall–Kier alpha value is -3.41. The summed E-state index contributed by atoms with van der Waals surface area (Å²) in [5.41, 5.74) is 2.24. The Morgan fingerprint density at radius 3 is 2.03 bits per heavy atom. The standard InChI is InChI=1S/C24H27N3O6S2/c1-18-7-11-21(12-8-18)34(29,30)26-16-15-25-24(28)17-33-20-9-13-22(14-10-20)35(31,32)27-23-6-4-3-5-19(23)2/h3-14,26-27H,15-17H2,1-2H3,(H,25,28). The van der Waals surface area contributed by atoms with Crippen molar-refractivity contribution in [1.29, 1.82) is 0 Å². The van der Waals surface area contributed by atoms with E-state index in [1.54, 1.807) is 37.3 Å². The first-order chi connectivity index (χ1) is 16.6. The SMILES string of the molecule is Cc1ccc(S(=O)(=O)NCCNC(=O)COc2ccc(S(=O)(=O)Nc3ccccc3C)cc2)cc1. The molecule has 3 aromatic carbocycles. The molecule has 35 heavy (non-hydrogen) atoms. The maximum absolute atomic E-state index is 12.6. The predicted octanol–water partition coefficient (Wildman–Crippen LogP) is 2.58. The smallest absolute Gasteiger partial charge is 0.261 e. The number of aryl methyl sites for hydroxylation is 2. The third-order valence-corrected chi connectivity index (χ3v) is 7.82. The van der Waals surface area contributed by atoms with Crippen LogP contribution in [0.1, 0.15) is 11.1 Å². The molecule has 3 N–H and O–H groups in total. The van der Waals surface area contributed by atoms with Gasteiger partial charge in [-0.25, -0.2) is 21.6 Å². The van der Waals surface area contributed by atoms with Crippen molar-refractivity contribution in [3.8, 4) is 5.75 Å². The molecule has 1 amide bonds. The zero-order valence-electron chi connectivity index (χ0n) is 19.3. The quantitative estimate of drug-likeness (QED) is 0.335. The lowest BCUT2D eigenvalue weighted by molar-refractivity contribution is -0.123. The summed E-state index contributed by atoms with van der Waals surface area (Å²) in [5.74, 6) is -0.132. The molecule has 3 aromatic rings. The average Bonchev–Trinajstić information content (AvgIpc) is 2.82. The minimum Gasteiger partial charge on any atom is -0.484 e. The molecule has 0 radical (unpaired) electrons. The van der Waals surface area contributed by atoms with Crippen LogP contribution in [0.3, 0.4) is 0 Å². The molecule has 0 aliphatic rings. The van der Waals surface area contributed by atoms with Crippen molar-refractivity contribution in [2.24, 2.45) is 0 Å². The molecule has 0 aliphatic heterocycles. The molecule has 0 atom stereocenters. The van der Waals surface area contributed by atoms with E-state index in [4.69, 9.17) is 4.74 Å². The van der Waals surface area contributed by atoms with Crippen LogP contribution in [0.2, 0.25) is 0 Å². The summed E-state index contributed by atoms with van der Waals surface area (Å²) in [6.07, 6.45) is 0. The van der Waals surface area contributed by atoms with Crippen LogP contribution in [0.25, 0.3) is 0 Å². The fourth-order valence-corrected chi connectivity index (χ4v) is 5.16. The molecule has 0 saturated carbocycles. The van der Waals surface area contributed by atoms with Crippen LogP contribution in [0, 0.1) is 13.8 Å². The van der Waals surface area contributed by atoms with E-state index < -0.39 is 26.0 Å². The van der Waals surface area contributed by atoms with Gasteiger partial charge in [0.05, 0.1) is 15.5 Å². The van der Waals surface area contributed by atoms with Gasteiger partial charge in [0, 0.05) is 13.1 Å². The Bertz CT molecular complexity index is 1370. The largest absolute Gasteiger partial charge is 0.484 e. The van der Waals surface area contributed by atoms with Crippen LogP contribution < -0.4 is 19.5 Å². The van der Waals surface area contributed by atoms with E-state index in [0.717, 1.165) is 11.1 Å². The lowest BCUT2D eigenvalue weighted by Gasteiger charge is -2.11. The molecule has 0 aromatic heterocycles. The highest BCUT2D eigenvalue weighted by Crippen LogP contribution is 2.21. The van der Waals surface area contributed by atoms with E-state index in [9.17, 15) is 21.6 Å². The second-order valence-corrected chi connectivity index (χ2v) is 11.2. The van der Waals surface area contributed by atoms with Gasteiger partial charge in [-0.1, -0.05) is 35.9 Å². The maximum Gasteiger partial charge on any atom is 0.261 e. The lowest BCUT2D eigenvalue weighted by Crippen LogP contribution is -2.36. The van der Waals surface area contributed by atoms with Gasteiger partial charge in [0.1, 0.15) is 5.75 Å². The Kier molecular flexibility index (Phi) is 8.49. The topological polar surface area (TPSA) is 131 Å². The van der Waals surface area contributed by atoms with E-state index in [1.807, 2.05) is 13.0 Å². The highest BCUT2D eigenvalue weighted by Gasteiger charge is 2.16. The molecule has 186 valence electrons. The third-order valence-electron chi connectivity index (χ3n) is 4.96. The fourth-order valence-electron chi connectivity index (χ4n) is 2.99. The van der Waals surface area contributed by atoms with Crippen molar-refractivity contribution in [3.05, 3.63) is 83.9 Å². The van der Waals surface area contributed by atoms with Gasteiger partial charge >= 0.3 is 0 Å². The Balaban J connectivity index is 1.44. The van der Waals surface area contributed by atoms with E-state index >= 15 is 0 Å². The molecular weight excluding hydrogens is 490 g/mol. The van der Waals surface area contributed by atoms with Crippen LogP contribution in [0.5, 0.6) is 5.75 Å². The van der Waals surface area contributed by atoms with Gasteiger partial charge in [0.2, 0.25) is 10.0 Å². The number of amides is 1. The van der Waals surface area contributed by atoms with E-state index in [0.29, 0.717) is 11.4 Å². The number of anilines is 1. The van der Waals surface area contributed by atoms with Gasteiger partial charge in [-0.15, -0.1) is 0 Å². The van der Waals surface area contributed by atoms with Gasteiger partial charge in [-0.05, 0) is 61.9 Å². The molecule has 0 spiro atoms. The molecule has 0 saturated heterocycles. The Morgan fingerprint density at radius 2 is 1.37 bits per heavy atom. The van der Waals surface area contributed by atoms with Crippen LogP contribution in [-0.2, 0) is 24.8 Å². The summed E-state index contributed by atoms with van der Waals surface area (Å²) < 4.78 is 60.0. The number of para-hydroxylation sites is 1. The number of hydrogen-bond acceptors (Lipinski definition) is 6. The number of nitrogens with one attached hydrogen (secondary N) is 3. The van der Waals surface area contributed by atoms with Crippen LogP contribution in [0.4, 0.5) is 5.69 Å². The van der Waals surface area contributed by atoms with Crippen molar-refractivity contribution in [1.82, 2.24) is 10.0 Å². The summed E-state index contributed by atoms with van der Waals surface area (Å²) in [5, 5.41) is 2.56. The Labute approximate surface area is 205 Å². The maximum atomic E-state index is 12.6. The first kappa shape index (κ1) is 26.2. The summed E-state index contributed by atoms with van der Waals surface area (Å²) >= 11 is 0. The Morgan fingerprint density at radius 1 is 0.771 bits per heavy atom. The van der Waals surface area contributed by atoms with Gasteiger partial charge in [-0.2, -0.15) is 0 Å². The second-order valence-electron chi connectivity index (χ2n) is 7.74. The van der Waals surface area contributed by atoms with Crippen molar-refractivity contribution >= 4 is 31.6 Å². The van der Waals surface area contributed by atoms with E-state index in [1.165, 1.54) is 36.4 Å². The number of ether oxygens (including phenoxy) is 1. The summed E-state index contributed by atoms with van der Waals surface area (Å²) in [4.78, 5) is 12.2. The molecule has 0 bridgehead atoms. The zero-order valence-corrected chi connectivity index (χ0v) is 20.9. The summed E-state index contributed by atoms with van der Waals surface area (Å²) in [6, 6.07) is 19.2. The number of benzene rings is 3. The lowest BCUT2D eigenvalue weighted by atomic mass is 10.2. The molecule has 3 rings (SSSR count). The van der Waals surface area contributed by atoms with Crippen molar-refractivity contribution in [2.75, 3.05) is 24.4 Å². The van der Waals surface area contributed by atoms with Gasteiger partial charge in [-0.3, -0.25) is 9.52 Å². The number of rotatable bonds is 11. The molecule has 0 fully saturated rings. The minimum atomic E-state index is -3.77. The first-order valence-corrected chi connectivity index (χ1v) is 13.7. The van der Waals surface area contributed by atoms with Crippen LogP contribution in [-0.4, -0.2) is 42.4 Å². The third kappa shape index (κ3) is 7.54. The molecule has 11 heteroatoms. The van der Waals surface area contributed by atoms with Gasteiger partial charge in [0.25, 0.3) is 15.9 Å². The van der Waals surface area contributed by atoms with Crippen LogP contribution >= 0.6 is 0 Å². The van der Waals surface area contributed by atoms with E-state index in [2.05, 4.69) is 14.8 Å². The normalized spacial score (nSPS) is 11.6. The number of sulfonamides is 2. The fraction of sp³-hybridized carbons (Fsp3) is 0.208. The summed E-state index contributed by atoms with van der Waals surface area (Å²) in [7, 11) is -7.43. The zero-order chi connectivity index (χ0) is 25.5. The summed E-state index contributed by atoms with van der Waals surface area (Å²) in [6.45, 7) is 3.45. The molecule has 0 unspecified atom stereocenters. The van der Waals surface area contributed by atoms with Crippen molar-refractivity contribution < 1.29 is 26.4 Å². The number of hydrogen-bond donors (Lipinski definition) is 3. The molecular formula is C24H27N3O6S2. The monoisotopic (exact) mass is 517 g/mol. The van der Waals surface area contributed by atoms with Crippen molar-refractivity contribution in [2.45, 2.75) is 23.6 Å². The second kappa shape index (κ2) is 11.3. The number of carbonyl (C=O) groups is 1. The van der Waals surface area contributed by atoms with E-state index in [-0.39, 0.29) is 29.5 Å². The number of carbonyl (C=O) groups excluding carboxylic acids is 1. The van der Waals surface area contributed by atoms with Crippen LogP contribution in [0.15, 0.2) is 82.6 Å². The highest BCUT2D eigenvalue weighted by molar-refractivity contribution is 7.92. The van der Waals surface area contributed by atoms with Crippen molar-refractivity contribution in [3.63, 3.8) is 0 Å². The average molecular weight is 518 g/mol. The van der Waals surface area contributed by atoms with Gasteiger partial charge in [0.15, 0.2) is 6.61 Å². The predicted molar refractivity (Wildman–Crippen MR) is 133 cm³/mol. The molecule has 0 heterocycles. The highest BCUT2D eigenvalue weighted by atomic mass is 32.2. The van der Waals surface area contributed by atoms with Gasteiger partial charge < -0.3 is 10.1 Å². The molecule has 9 nitrogen and oxygen atoms in total. The molecule has 0 aliphatic carbocycles. The first-order valence-electron chi connectivity index (χ1n) is 10.7.